The molecule has 2 aromatic heterocycles. The molecular weight excluding hydrogens is 548 g/mol. The smallest absolute Gasteiger partial charge is 0.419 e. The van der Waals surface area contributed by atoms with Gasteiger partial charge in [-0.25, -0.2) is 19.3 Å². The Balaban J connectivity index is 1.20. The number of carbonyl (C=O) groups excluding carboxylic acids is 2. The van der Waals surface area contributed by atoms with E-state index in [0.717, 1.165) is 44.9 Å². The minimum atomic E-state index is -0.322. The van der Waals surface area contributed by atoms with Crippen molar-refractivity contribution in [3.8, 4) is 0 Å². The van der Waals surface area contributed by atoms with E-state index in [4.69, 9.17) is 4.74 Å². The van der Waals surface area contributed by atoms with Gasteiger partial charge in [0.15, 0.2) is 0 Å². The highest BCUT2D eigenvalue weighted by atomic mass is 16.6. The molecule has 5 aliphatic carbocycles. The highest BCUT2D eigenvalue weighted by Gasteiger charge is 2.72. The van der Waals surface area contributed by atoms with Crippen LogP contribution in [0.3, 0.4) is 0 Å². The van der Waals surface area contributed by atoms with Crippen molar-refractivity contribution in [3.63, 3.8) is 0 Å². The van der Waals surface area contributed by atoms with Gasteiger partial charge < -0.3 is 4.74 Å². The Morgan fingerprint density at radius 2 is 1.50 bits per heavy atom. The number of hydrogen-bond acceptors (Lipinski definition) is 5. The average Bonchev–Trinajstić information content (AvgIpc) is 3.76. The van der Waals surface area contributed by atoms with Crippen LogP contribution in [0.15, 0.2) is 49.6 Å². The van der Waals surface area contributed by atoms with Crippen LogP contribution in [0.1, 0.15) is 111 Å². The predicted octanol–water partition coefficient (Wildman–Crippen LogP) is 8.43. The van der Waals surface area contributed by atoms with Gasteiger partial charge in [-0.3, -0.25) is 9.36 Å². The van der Waals surface area contributed by atoms with Crippen LogP contribution in [0.25, 0.3) is 0 Å². The molecule has 0 aromatic carbocycles. The van der Waals surface area contributed by atoms with Crippen LogP contribution in [0.2, 0.25) is 0 Å². The van der Waals surface area contributed by atoms with Gasteiger partial charge in [0.05, 0.1) is 5.41 Å². The van der Waals surface area contributed by atoms with Crippen LogP contribution in [-0.2, 0) is 4.74 Å². The molecule has 5 aliphatic rings. The van der Waals surface area contributed by atoms with Crippen LogP contribution in [0.5, 0.6) is 0 Å². The fourth-order valence-corrected chi connectivity index (χ4v) is 12.9. The SMILES string of the molecule is C=C(C)[C@@H]1CC[C@]2(C(=O)n3ccnc3)CC[C@]3(C)C(CCC4[C@@]5(C)CC[C@H](OC(=O)n6ccnc6)C(C)(C)C5CC[C@]43C)C12. The fourth-order valence-electron chi connectivity index (χ4n) is 12.9. The lowest BCUT2D eigenvalue weighted by molar-refractivity contribution is -0.244. The van der Waals surface area contributed by atoms with Gasteiger partial charge in [0.1, 0.15) is 18.8 Å². The molecule has 7 nitrogen and oxygen atoms in total. The van der Waals surface area contributed by atoms with Crippen molar-refractivity contribution in [2.75, 3.05) is 0 Å². The summed E-state index contributed by atoms with van der Waals surface area (Å²) in [5.74, 6) is 2.61. The fraction of sp³-hybridized carbons (Fsp3) is 0.730. The molecule has 4 unspecified atom stereocenters. The van der Waals surface area contributed by atoms with Crippen molar-refractivity contribution < 1.29 is 14.3 Å². The Labute approximate surface area is 263 Å². The summed E-state index contributed by atoms with van der Waals surface area (Å²) in [5.41, 5.74) is 1.38. The van der Waals surface area contributed by atoms with E-state index in [1.165, 1.54) is 35.7 Å². The zero-order valence-electron chi connectivity index (χ0n) is 27.7. The van der Waals surface area contributed by atoms with E-state index >= 15 is 0 Å². The molecule has 0 N–H and O–H groups in total. The Morgan fingerprint density at radius 3 is 2.16 bits per heavy atom. The zero-order valence-corrected chi connectivity index (χ0v) is 27.7. The summed E-state index contributed by atoms with van der Waals surface area (Å²) >= 11 is 0. The number of imidazole rings is 2. The number of allylic oxidation sites excluding steroid dienone is 1. The van der Waals surface area contributed by atoms with Gasteiger partial charge in [-0.15, -0.1) is 0 Å². The van der Waals surface area contributed by atoms with Crippen LogP contribution in [0, 0.1) is 56.7 Å². The van der Waals surface area contributed by atoms with Gasteiger partial charge >= 0.3 is 6.09 Å². The van der Waals surface area contributed by atoms with Crippen LogP contribution >= 0.6 is 0 Å². The number of rotatable bonds is 3. The standard InChI is InChI=1S/C37H52N4O3/c1-24(2)25-10-15-37(31(42)40-20-18-38-22-40)17-16-35(6)26(30(25)37)8-9-28-34(5)13-12-29(44-32(43)41-21-19-39-23-41)33(3,4)27(34)11-14-36(28,35)7/h18-23,25-30H,1,8-17H2,2-7H3/t25-,26?,27?,28?,29-,30?,34-,35+,36+,37-/m0/s1. The summed E-state index contributed by atoms with van der Waals surface area (Å²) in [6.45, 7) is 19.2. The van der Waals surface area contributed by atoms with E-state index < -0.39 is 0 Å². The zero-order chi connectivity index (χ0) is 31.3. The maximum atomic E-state index is 14.3. The Hall–Kier alpha value is -2.70. The van der Waals surface area contributed by atoms with Gasteiger partial charge in [0.25, 0.3) is 0 Å². The Morgan fingerprint density at radius 1 is 0.795 bits per heavy atom. The van der Waals surface area contributed by atoms with E-state index in [0.29, 0.717) is 29.6 Å². The first kappa shape index (κ1) is 30.0. The first-order valence-electron chi connectivity index (χ1n) is 17.2. The maximum Gasteiger partial charge on any atom is 0.419 e. The van der Waals surface area contributed by atoms with E-state index in [9.17, 15) is 9.59 Å². The van der Waals surface area contributed by atoms with Gasteiger partial charge in [-0.1, -0.05) is 46.8 Å². The van der Waals surface area contributed by atoms with E-state index in [1.807, 2.05) is 6.20 Å². The summed E-state index contributed by atoms with van der Waals surface area (Å²) in [5, 5.41) is 0. The Kier molecular flexibility index (Phi) is 6.74. The third-order valence-corrected chi connectivity index (χ3v) is 15.1. The van der Waals surface area contributed by atoms with Gasteiger partial charge in [-0.2, -0.15) is 0 Å². The van der Waals surface area contributed by atoms with Crippen LogP contribution in [-0.4, -0.2) is 37.2 Å². The molecule has 7 heteroatoms. The molecular formula is C37H52N4O3. The molecule has 5 saturated carbocycles. The third-order valence-electron chi connectivity index (χ3n) is 15.1. The number of fused-ring (bicyclic) bond motifs is 7. The van der Waals surface area contributed by atoms with Crippen molar-refractivity contribution in [2.24, 2.45) is 56.7 Å². The second-order valence-electron chi connectivity index (χ2n) is 16.8. The summed E-state index contributed by atoms with van der Waals surface area (Å²) in [6.07, 6.45) is 20.5. The quantitative estimate of drug-likeness (QED) is 0.330. The molecule has 44 heavy (non-hydrogen) atoms. The molecule has 238 valence electrons. The summed E-state index contributed by atoms with van der Waals surface area (Å²) in [6, 6.07) is 0. The molecule has 10 atom stereocenters. The first-order chi connectivity index (χ1) is 20.8. The lowest BCUT2D eigenvalue weighted by atomic mass is 9.32. The van der Waals surface area contributed by atoms with Crippen molar-refractivity contribution in [1.82, 2.24) is 19.1 Å². The lowest BCUT2D eigenvalue weighted by Crippen LogP contribution is -2.67. The minimum absolute atomic E-state index is 0.106. The van der Waals surface area contributed by atoms with Gasteiger partial charge in [0, 0.05) is 30.2 Å². The topological polar surface area (TPSA) is 79.0 Å². The summed E-state index contributed by atoms with van der Waals surface area (Å²) in [4.78, 5) is 35.6. The molecule has 0 bridgehead atoms. The predicted molar refractivity (Wildman–Crippen MR) is 170 cm³/mol. The summed E-state index contributed by atoms with van der Waals surface area (Å²) < 4.78 is 9.42. The summed E-state index contributed by atoms with van der Waals surface area (Å²) in [7, 11) is 0. The van der Waals surface area contributed by atoms with E-state index in [-0.39, 0.29) is 45.2 Å². The largest absolute Gasteiger partial charge is 0.445 e. The second-order valence-corrected chi connectivity index (χ2v) is 16.8. The highest BCUT2D eigenvalue weighted by Crippen LogP contribution is 2.77. The van der Waals surface area contributed by atoms with Gasteiger partial charge in [0.2, 0.25) is 5.91 Å². The molecule has 0 amide bonds. The maximum absolute atomic E-state index is 14.3. The first-order valence-corrected chi connectivity index (χ1v) is 17.2. The molecule has 0 aliphatic heterocycles. The van der Waals surface area contributed by atoms with Crippen molar-refractivity contribution in [1.29, 1.82) is 0 Å². The molecule has 0 saturated heterocycles. The lowest BCUT2D eigenvalue weighted by Gasteiger charge is -2.72. The normalized spacial score (nSPS) is 44.0. The highest BCUT2D eigenvalue weighted by molar-refractivity contribution is 5.86. The van der Waals surface area contributed by atoms with Crippen LogP contribution < -0.4 is 0 Å². The molecule has 2 aromatic rings. The minimum Gasteiger partial charge on any atom is -0.445 e. The molecule has 0 spiro atoms. The molecule has 7 rings (SSSR count). The molecule has 0 radical (unpaired) electrons. The number of carbonyl (C=O) groups is 2. The number of ether oxygens (including phenoxy) is 1. The third kappa shape index (κ3) is 3.85. The number of hydrogen-bond donors (Lipinski definition) is 0. The Bertz CT molecular complexity index is 1450. The van der Waals surface area contributed by atoms with E-state index in [1.54, 1.807) is 29.5 Å². The second kappa shape index (κ2) is 9.90. The molecule has 2 heterocycles. The van der Waals surface area contributed by atoms with Crippen molar-refractivity contribution in [3.05, 3.63) is 49.6 Å². The van der Waals surface area contributed by atoms with Crippen molar-refractivity contribution in [2.45, 2.75) is 112 Å². The van der Waals surface area contributed by atoms with Gasteiger partial charge in [-0.05, 0) is 117 Å². The number of aromatic nitrogens is 4. The number of nitrogens with zero attached hydrogens (tertiary/aromatic N) is 4. The molecule has 5 fully saturated rings. The van der Waals surface area contributed by atoms with Crippen LogP contribution in [0.4, 0.5) is 4.79 Å². The monoisotopic (exact) mass is 600 g/mol. The average molecular weight is 601 g/mol. The van der Waals surface area contributed by atoms with E-state index in [2.05, 4.69) is 58.1 Å². The van der Waals surface area contributed by atoms with Crippen molar-refractivity contribution >= 4 is 12.0 Å².